The quantitative estimate of drug-likeness (QED) is 0.837. The zero-order chi connectivity index (χ0) is 17.5. The Bertz CT molecular complexity index is 658. The molecule has 1 aromatic rings. The number of fused-ring (bicyclic) bond motifs is 1. The summed E-state index contributed by atoms with van der Waals surface area (Å²) in [5.41, 5.74) is -2.86. The molecule has 1 atom stereocenters. The molecule has 1 heterocycles. The highest BCUT2D eigenvalue weighted by atomic mass is 35.5. The van der Waals surface area contributed by atoms with Gasteiger partial charge in [-0.3, -0.25) is 4.99 Å². The second-order valence-corrected chi connectivity index (χ2v) is 6.23. The van der Waals surface area contributed by atoms with E-state index in [1.807, 2.05) is 0 Å². The monoisotopic (exact) mass is 365 g/mol. The number of halogens is 4. The molecule has 134 valence electrons. The maximum atomic E-state index is 13.3. The van der Waals surface area contributed by atoms with Crippen LogP contribution in [0.3, 0.4) is 0 Å². The topological polar surface area (TPSA) is 58.9 Å². The number of hydrogen-bond donors (Lipinski definition) is 1. The first-order chi connectivity index (χ1) is 10.5. The number of ether oxygens (including phenoxy) is 1. The average molecular weight is 366 g/mol. The number of rotatable bonds is 3. The third-order valence-corrected chi connectivity index (χ3v) is 3.80. The van der Waals surface area contributed by atoms with Crippen LogP contribution in [-0.4, -0.2) is 41.2 Å². The summed E-state index contributed by atoms with van der Waals surface area (Å²) < 4.78 is 43.9. The van der Waals surface area contributed by atoms with E-state index >= 15 is 0 Å². The van der Waals surface area contributed by atoms with Gasteiger partial charge in [0.2, 0.25) is 0 Å². The Morgan fingerprint density at radius 3 is 2.46 bits per heavy atom. The Hall–Kier alpha value is -1.60. The van der Waals surface area contributed by atoms with Crippen molar-refractivity contribution in [2.45, 2.75) is 44.0 Å². The third-order valence-electron chi connectivity index (χ3n) is 3.80. The number of carbonyl (C=O) groups is 1. The van der Waals surface area contributed by atoms with Crippen LogP contribution in [0.15, 0.2) is 29.3 Å². The van der Waals surface area contributed by atoms with Crippen molar-refractivity contribution < 1.29 is 27.8 Å². The number of hydrogen-bond acceptors (Lipinski definition) is 4. The van der Waals surface area contributed by atoms with Gasteiger partial charge in [-0.05, 0) is 31.4 Å². The summed E-state index contributed by atoms with van der Waals surface area (Å²) in [5, 5.41) is 9.98. The normalized spacial score (nSPS) is 18.5. The van der Waals surface area contributed by atoms with Crippen molar-refractivity contribution in [3.05, 3.63) is 35.4 Å². The first kappa shape index (κ1) is 20.4. The standard InChI is InChI=1S/C16H18F3NO3.ClH/c1-14(2)8-10-6-4-5-7-11(10)12(20-14)9-15(22,13(21)23-3)16(17,18)19;/h4-7,22H,8-9H2,1-3H3;1H. The first-order valence-electron chi connectivity index (χ1n) is 7.05. The summed E-state index contributed by atoms with van der Waals surface area (Å²) >= 11 is 0. The zero-order valence-electron chi connectivity index (χ0n) is 13.5. The summed E-state index contributed by atoms with van der Waals surface area (Å²) in [6.07, 6.45) is -5.59. The minimum Gasteiger partial charge on any atom is -0.467 e. The van der Waals surface area contributed by atoms with Crippen molar-refractivity contribution in [2.24, 2.45) is 4.99 Å². The van der Waals surface area contributed by atoms with E-state index in [4.69, 9.17) is 0 Å². The van der Waals surface area contributed by atoms with Gasteiger partial charge in [-0.2, -0.15) is 13.2 Å². The lowest BCUT2D eigenvalue weighted by Gasteiger charge is -2.33. The molecular weight excluding hydrogens is 347 g/mol. The number of benzene rings is 1. The molecule has 0 amide bonds. The van der Waals surface area contributed by atoms with Gasteiger partial charge in [-0.1, -0.05) is 24.3 Å². The summed E-state index contributed by atoms with van der Waals surface area (Å²) in [6, 6.07) is 6.90. The molecular formula is C16H19ClF3NO3. The molecule has 1 unspecified atom stereocenters. The number of aliphatic imine (C=N–C) groups is 1. The molecule has 8 heteroatoms. The van der Waals surface area contributed by atoms with Crippen molar-refractivity contribution in [3.8, 4) is 0 Å². The van der Waals surface area contributed by atoms with Gasteiger partial charge in [-0.25, -0.2) is 4.79 Å². The molecule has 1 aliphatic rings. The van der Waals surface area contributed by atoms with Crippen molar-refractivity contribution in [1.29, 1.82) is 0 Å². The van der Waals surface area contributed by atoms with E-state index in [9.17, 15) is 23.1 Å². The molecule has 1 N–H and O–H groups in total. The summed E-state index contributed by atoms with van der Waals surface area (Å²) in [6.45, 7) is 3.57. The van der Waals surface area contributed by atoms with Crippen molar-refractivity contribution in [1.82, 2.24) is 0 Å². The molecule has 24 heavy (non-hydrogen) atoms. The molecule has 0 aliphatic carbocycles. The Labute approximate surface area is 144 Å². The van der Waals surface area contributed by atoms with Gasteiger partial charge >= 0.3 is 12.1 Å². The molecule has 0 bridgehead atoms. The van der Waals surface area contributed by atoms with E-state index in [1.165, 1.54) is 0 Å². The molecule has 0 saturated carbocycles. The van der Waals surface area contributed by atoms with Gasteiger partial charge in [0, 0.05) is 12.1 Å². The van der Waals surface area contributed by atoms with Crippen LogP contribution in [0.1, 0.15) is 31.4 Å². The molecule has 1 aromatic carbocycles. The fourth-order valence-electron chi connectivity index (χ4n) is 2.72. The summed E-state index contributed by atoms with van der Waals surface area (Å²) in [5.74, 6) is -1.74. The zero-order valence-corrected chi connectivity index (χ0v) is 14.3. The van der Waals surface area contributed by atoms with Gasteiger partial charge in [-0.15, -0.1) is 12.4 Å². The number of esters is 1. The Morgan fingerprint density at radius 1 is 1.33 bits per heavy atom. The Balaban J connectivity index is 0.00000288. The second kappa shape index (κ2) is 6.72. The molecule has 1 aliphatic heterocycles. The van der Waals surface area contributed by atoms with Gasteiger partial charge in [0.05, 0.1) is 12.6 Å². The average Bonchev–Trinajstić information content (AvgIpc) is 2.43. The molecule has 0 fully saturated rings. The summed E-state index contributed by atoms with van der Waals surface area (Å²) in [4.78, 5) is 15.9. The number of aliphatic hydroxyl groups is 1. The van der Waals surface area contributed by atoms with E-state index in [0.717, 1.165) is 12.7 Å². The maximum absolute atomic E-state index is 13.3. The van der Waals surface area contributed by atoms with E-state index in [2.05, 4.69) is 9.73 Å². The van der Waals surface area contributed by atoms with E-state index < -0.39 is 29.7 Å². The molecule has 0 spiro atoms. The predicted molar refractivity (Wildman–Crippen MR) is 85.6 cm³/mol. The largest absolute Gasteiger partial charge is 0.467 e. The predicted octanol–water partition coefficient (Wildman–Crippen LogP) is 3.09. The first-order valence-corrected chi connectivity index (χ1v) is 7.05. The lowest BCUT2D eigenvalue weighted by atomic mass is 9.83. The summed E-state index contributed by atoms with van der Waals surface area (Å²) in [7, 11) is 0.805. The van der Waals surface area contributed by atoms with E-state index in [-0.39, 0.29) is 18.1 Å². The molecule has 2 rings (SSSR count). The smallest absolute Gasteiger partial charge is 0.428 e. The van der Waals surface area contributed by atoms with E-state index in [1.54, 1.807) is 38.1 Å². The van der Waals surface area contributed by atoms with E-state index in [0.29, 0.717) is 12.0 Å². The fraction of sp³-hybridized carbons (Fsp3) is 0.500. The Morgan fingerprint density at radius 2 is 1.92 bits per heavy atom. The van der Waals surface area contributed by atoms with Crippen LogP contribution >= 0.6 is 12.4 Å². The van der Waals surface area contributed by atoms with Gasteiger partial charge in [0.15, 0.2) is 0 Å². The highest BCUT2D eigenvalue weighted by Gasteiger charge is 2.61. The minimum absolute atomic E-state index is 0. The van der Waals surface area contributed by atoms with Crippen LogP contribution in [0.2, 0.25) is 0 Å². The van der Waals surface area contributed by atoms with Crippen molar-refractivity contribution in [3.63, 3.8) is 0 Å². The fourth-order valence-corrected chi connectivity index (χ4v) is 2.72. The van der Waals surface area contributed by atoms with Gasteiger partial charge < -0.3 is 9.84 Å². The van der Waals surface area contributed by atoms with Crippen LogP contribution in [-0.2, 0) is 16.0 Å². The minimum atomic E-state index is -5.17. The van der Waals surface area contributed by atoms with Crippen molar-refractivity contribution >= 4 is 24.1 Å². The molecule has 4 nitrogen and oxygen atoms in total. The van der Waals surface area contributed by atoms with Crippen LogP contribution < -0.4 is 0 Å². The number of alkyl halides is 3. The number of carbonyl (C=O) groups excluding carboxylic acids is 1. The second-order valence-electron chi connectivity index (χ2n) is 6.23. The van der Waals surface area contributed by atoms with Gasteiger partial charge in [0.1, 0.15) is 0 Å². The van der Waals surface area contributed by atoms with Crippen LogP contribution in [0.5, 0.6) is 0 Å². The SMILES string of the molecule is COC(=O)C(O)(CC1=NC(C)(C)Cc2ccccc21)C(F)(F)F.Cl. The van der Waals surface area contributed by atoms with Crippen LogP contribution in [0.4, 0.5) is 13.2 Å². The van der Waals surface area contributed by atoms with Crippen molar-refractivity contribution in [2.75, 3.05) is 7.11 Å². The van der Waals surface area contributed by atoms with Crippen LogP contribution in [0, 0.1) is 0 Å². The third kappa shape index (κ3) is 3.72. The molecule has 0 saturated heterocycles. The molecule has 0 aromatic heterocycles. The lowest BCUT2D eigenvalue weighted by molar-refractivity contribution is -0.259. The van der Waals surface area contributed by atoms with Crippen LogP contribution in [0.25, 0.3) is 0 Å². The Kier molecular flexibility index (Phi) is 5.73. The highest BCUT2D eigenvalue weighted by Crippen LogP contribution is 2.37. The molecule has 0 radical (unpaired) electrons. The maximum Gasteiger partial charge on any atom is 0.428 e. The highest BCUT2D eigenvalue weighted by molar-refractivity contribution is 6.05. The number of nitrogens with zero attached hydrogens (tertiary/aromatic N) is 1. The lowest BCUT2D eigenvalue weighted by Crippen LogP contribution is -2.54. The number of methoxy groups -OCH3 is 1. The van der Waals surface area contributed by atoms with Gasteiger partial charge in [0.25, 0.3) is 5.60 Å².